The first kappa shape index (κ1) is 11.1. The van der Waals surface area contributed by atoms with Gasteiger partial charge in [-0.05, 0) is 12.1 Å². The number of pyridine rings is 1. The fourth-order valence-corrected chi connectivity index (χ4v) is 1.79. The summed E-state index contributed by atoms with van der Waals surface area (Å²) in [5.74, 6) is -0.337. The summed E-state index contributed by atoms with van der Waals surface area (Å²) in [6.45, 7) is 0. The van der Waals surface area contributed by atoms with Crippen molar-refractivity contribution < 1.29 is 4.79 Å². The van der Waals surface area contributed by atoms with Crippen molar-refractivity contribution in [1.82, 2.24) is 14.8 Å². The van der Waals surface area contributed by atoms with Gasteiger partial charge in [-0.25, -0.2) is 0 Å². The molecule has 0 aliphatic heterocycles. The number of hydrogen-bond acceptors (Lipinski definition) is 3. The van der Waals surface area contributed by atoms with E-state index in [1.54, 1.807) is 19.2 Å². The Balaban J connectivity index is 2.52. The fourth-order valence-electron chi connectivity index (χ4n) is 1.33. The standard InChI is InChI=1S/C10H7Cl2N3O/c1-15-9(7(12)5-14-15)10(16)8-6(11)3-2-4-13-8/h2-5H,1H3. The molecular formula is C10H7Cl2N3O. The SMILES string of the molecule is Cn1ncc(Cl)c1C(=O)c1ncccc1Cl. The second-order valence-electron chi connectivity index (χ2n) is 3.13. The molecule has 2 heterocycles. The van der Waals surface area contributed by atoms with Crippen molar-refractivity contribution in [3.8, 4) is 0 Å². The van der Waals surface area contributed by atoms with Crippen molar-refractivity contribution in [2.75, 3.05) is 0 Å². The van der Waals surface area contributed by atoms with Gasteiger partial charge in [0.15, 0.2) is 0 Å². The predicted octanol–water partition coefficient (Wildman–Crippen LogP) is 2.35. The summed E-state index contributed by atoms with van der Waals surface area (Å²) < 4.78 is 1.40. The summed E-state index contributed by atoms with van der Waals surface area (Å²) in [5, 5.41) is 4.47. The number of aromatic nitrogens is 3. The lowest BCUT2D eigenvalue weighted by Crippen LogP contribution is -2.10. The monoisotopic (exact) mass is 255 g/mol. The minimum atomic E-state index is -0.337. The minimum Gasteiger partial charge on any atom is -0.285 e. The van der Waals surface area contributed by atoms with Crippen LogP contribution in [0.1, 0.15) is 16.2 Å². The lowest BCUT2D eigenvalue weighted by molar-refractivity contribution is 0.102. The van der Waals surface area contributed by atoms with E-state index in [2.05, 4.69) is 10.1 Å². The molecule has 16 heavy (non-hydrogen) atoms. The van der Waals surface area contributed by atoms with E-state index in [4.69, 9.17) is 23.2 Å². The third kappa shape index (κ3) is 1.81. The van der Waals surface area contributed by atoms with Gasteiger partial charge in [0.1, 0.15) is 11.4 Å². The van der Waals surface area contributed by atoms with Crippen LogP contribution in [0.25, 0.3) is 0 Å². The maximum atomic E-state index is 12.1. The quantitative estimate of drug-likeness (QED) is 0.775. The number of aryl methyl sites for hydroxylation is 1. The Morgan fingerprint density at radius 3 is 2.69 bits per heavy atom. The Labute approximate surface area is 102 Å². The van der Waals surface area contributed by atoms with Gasteiger partial charge in [0, 0.05) is 13.2 Å². The number of rotatable bonds is 2. The van der Waals surface area contributed by atoms with E-state index in [-0.39, 0.29) is 22.2 Å². The zero-order chi connectivity index (χ0) is 11.7. The lowest BCUT2D eigenvalue weighted by Gasteiger charge is -2.03. The highest BCUT2D eigenvalue weighted by Gasteiger charge is 2.20. The summed E-state index contributed by atoms with van der Waals surface area (Å²) >= 11 is 11.8. The Hall–Kier alpha value is -1.39. The molecule has 6 heteroatoms. The van der Waals surface area contributed by atoms with Crippen molar-refractivity contribution in [2.45, 2.75) is 0 Å². The summed E-state index contributed by atoms with van der Waals surface area (Å²) in [7, 11) is 1.63. The van der Waals surface area contributed by atoms with Crippen LogP contribution in [0.3, 0.4) is 0 Å². The molecule has 2 aromatic rings. The lowest BCUT2D eigenvalue weighted by atomic mass is 10.2. The number of ketones is 1. The maximum absolute atomic E-state index is 12.1. The molecule has 0 bridgehead atoms. The normalized spacial score (nSPS) is 10.4. The van der Waals surface area contributed by atoms with Gasteiger partial charge in [-0.1, -0.05) is 23.2 Å². The molecule has 0 aliphatic rings. The number of hydrogen-bond donors (Lipinski definition) is 0. The smallest absolute Gasteiger partial charge is 0.232 e. The molecule has 0 radical (unpaired) electrons. The van der Waals surface area contributed by atoms with Gasteiger partial charge in [-0.3, -0.25) is 14.5 Å². The second kappa shape index (κ2) is 4.23. The van der Waals surface area contributed by atoms with Crippen LogP contribution in [-0.2, 0) is 7.05 Å². The molecule has 0 amide bonds. The van der Waals surface area contributed by atoms with Crippen LogP contribution >= 0.6 is 23.2 Å². The fraction of sp³-hybridized carbons (Fsp3) is 0.100. The van der Waals surface area contributed by atoms with Crippen LogP contribution in [0.15, 0.2) is 24.5 Å². The van der Waals surface area contributed by atoms with Gasteiger partial charge in [0.2, 0.25) is 5.78 Å². The van der Waals surface area contributed by atoms with E-state index in [1.807, 2.05) is 0 Å². The van der Waals surface area contributed by atoms with E-state index in [9.17, 15) is 4.79 Å². The first-order valence-electron chi connectivity index (χ1n) is 4.44. The van der Waals surface area contributed by atoms with Gasteiger partial charge in [0.25, 0.3) is 0 Å². The highest BCUT2D eigenvalue weighted by Crippen LogP contribution is 2.21. The van der Waals surface area contributed by atoms with Gasteiger partial charge in [-0.15, -0.1) is 0 Å². The van der Waals surface area contributed by atoms with Crippen LogP contribution in [0.4, 0.5) is 0 Å². The van der Waals surface area contributed by atoms with E-state index in [0.717, 1.165) is 0 Å². The highest BCUT2D eigenvalue weighted by atomic mass is 35.5. The van der Waals surface area contributed by atoms with Gasteiger partial charge < -0.3 is 0 Å². The first-order chi connectivity index (χ1) is 7.61. The zero-order valence-electron chi connectivity index (χ0n) is 8.32. The molecular weight excluding hydrogens is 249 g/mol. The molecule has 4 nitrogen and oxygen atoms in total. The predicted molar refractivity (Wildman–Crippen MR) is 60.9 cm³/mol. The molecule has 0 spiro atoms. The molecule has 0 aromatic carbocycles. The number of halogens is 2. The van der Waals surface area contributed by atoms with Crippen molar-refractivity contribution in [2.24, 2.45) is 7.05 Å². The van der Waals surface area contributed by atoms with Crippen molar-refractivity contribution in [1.29, 1.82) is 0 Å². The molecule has 0 aliphatic carbocycles. The van der Waals surface area contributed by atoms with Crippen molar-refractivity contribution in [3.05, 3.63) is 46.0 Å². The van der Waals surface area contributed by atoms with E-state index >= 15 is 0 Å². The second-order valence-corrected chi connectivity index (χ2v) is 3.94. The van der Waals surface area contributed by atoms with Crippen LogP contribution in [0, 0.1) is 0 Å². The summed E-state index contributed by atoms with van der Waals surface area (Å²) in [4.78, 5) is 16.0. The maximum Gasteiger partial charge on any atom is 0.232 e. The Morgan fingerprint density at radius 1 is 1.38 bits per heavy atom. The molecule has 0 saturated carbocycles. The Morgan fingerprint density at radius 2 is 2.12 bits per heavy atom. The van der Waals surface area contributed by atoms with Crippen LogP contribution in [-0.4, -0.2) is 20.5 Å². The molecule has 82 valence electrons. The molecule has 2 aromatic heterocycles. The topological polar surface area (TPSA) is 47.8 Å². The summed E-state index contributed by atoms with van der Waals surface area (Å²) in [6.07, 6.45) is 2.91. The third-order valence-electron chi connectivity index (χ3n) is 2.08. The van der Waals surface area contributed by atoms with Crippen LogP contribution < -0.4 is 0 Å². The third-order valence-corrected chi connectivity index (χ3v) is 2.66. The summed E-state index contributed by atoms with van der Waals surface area (Å²) in [6, 6.07) is 3.26. The number of carbonyl (C=O) groups excluding carboxylic acids is 1. The Bertz CT molecular complexity index is 531. The van der Waals surface area contributed by atoms with Gasteiger partial charge in [0.05, 0.1) is 16.2 Å². The van der Waals surface area contributed by atoms with Crippen LogP contribution in [0.5, 0.6) is 0 Å². The number of nitrogens with zero attached hydrogens (tertiary/aromatic N) is 3. The summed E-state index contributed by atoms with van der Waals surface area (Å²) in [5.41, 5.74) is 0.455. The van der Waals surface area contributed by atoms with E-state index in [1.165, 1.54) is 17.1 Å². The molecule has 0 saturated heterocycles. The van der Waals surface area contributed by atoms with Crippen LogP contribution in [0.2, 0.25) is 10.0 Å². The largest absolute Gasteiger partial charge is 0.285 e. The minimum absolute atomic E-state index is 0.176. The number of carbonyl (C=O) groups is 1. The molecule has 2 rings (SSSR count). The molecule has 0 unspecified atom stereocenters. The highest BCUT2D eigenvalue weighted by molar-refractivity contribution is 6.37. The first-order valence-corrected chi connectivity index (χ1v) is 5.19. The van der Waals surface area contributed by atoms with E-state index < -0.39 is 0 Å². The zero-order valence-corrected chi connectivity index (χ0v) is 9.83. The Kier molecular flexibility index (Phi) is 2.94. The van der Waals surface area contributed by atoms with E-state index in [0.29, 0.717) is 5.02 Å². The van der Waals surface area contributed by atoms with Crippen molar-refractivity contribution >= 4 is 29.0 Å². The molecule has 0 fully saturated rings. The molecule has 0 N–H and O–H groups in total. The van der Waals surface area contributed by atoms with Gasteiger partial charge in [-0.2, -0.15) is 5.10 Å². The average Bonchev–Trinajstić information content (AvgIpc) is 2.58. The van der Waals surface area contributed by atoms with Gasteiger partial charge >= 0.3 is 0 Å². The average molecular weight is 256 g/mol. The molecule has 0 atom stereocenters. The van der Waals surface area contributed by atoms with Crippen molar-refractivity contribution in [3.63, 3.8) is 0 Å².